The highest BCUT2D eigenvalue weighted by Gasteiger charge is 2.12. The maximum Gasteiger partial charge on any atom is 0.311 e. The zero-order valence-corrected chi connectivity index (χ0v) is 19.3. The molecular formula is C27H24ClNO4. The number of carbonyl (C=O) groups is 1. The van der Waals surface area contributed by atoms with E-state index in [0.717, 1.165) is 22.4 Å². The van der Waals surface area contributed by atoms with E-state index in [1.54, 1.807) is 48.5 Å². The van der Waals surface area contributed by atoms with Crippen molar-refractivity contribution in [1.29, 1.82) is 5.26 Å². The van der Waals surface area contributed by atoms with Crippen molar-refractivity contribution in [3.05, 3.63) is 88.4 Å². The lowest BCUT2D eigenvalue weighted by Crippen LogP contribution is -2.10. The molecule has 0 aromatic heterocycles. The van der Waals surface area contributed by atoms with Crippen LogP contribution in [0.5, 0.6) is 17.2 Å². The molecule has 0 aliphatic carbocycles. The number of hydrogen-bond donors (Lipinski definition) is 0. The largest absolute Gasteiger partial charge is 0.494 e. The molecule has 0 atom stereocenters. The summed E-state index contributed by atoms with van der Waals surface area (Å²) in [5.74, 6) is 1.19. The highest BCUT2D eigenvalue weighted by atomic mass is 35.5. The zero-order valence-electron chi connectivity index (χ0n) is 18.5. The summed E-state index contributed by atoms with van der Waals surface area (Å²) in [6, 6.07) is 22.0. The summed E-state index contributed by atoms with van der Waals surface area (Å²) in [5, 5.41) is 10.1. The summed E-state index contributed by atoms with van der Waals surface area (Å²) in [7, 11) is 1.50. The van der Waals surface area contributed by atoms with Gasteiger partial charge in [-0.1, -0.05) is 41.9 Å². The van der Waals surface area contributed by atoms with Crippen LogP contribution in [0.3, 0.4) is 0 Å². The number of nitriles is 1. The molecule has 5 nitrogen and oxygen atoms in total. The van der Waals surface area contributed by atoms with E-state index in [4.69, 9.17) is 25.8 Å². The summed E-state index contributed by atoms with van der Waals surface area (Å²) in [6.45, 7) is 2.55. The van der Waals surface area contributed by atoms with Gasteiger partial charge in [-0.15, -0.1) is 0 Å². The Balaban J connectivity index is 1.67. The average molecular weight is 462 g/mol. The SMILES string of the molecule is CCOc1ccc(CCC(=O)Oc2ccc(/C=C(\C#N)c3ccc(Cl)cc3)cc2OC)cc1. The molecule has 6 heteroatoms. The monoisotopic (exact) mass is 461 g/mol. The van der Waals surface area contributed by atoms with Gasteiger partial charge in [0.25, 0.3) is 0 Å². The number of rotatable bonds is 9. The van der Waals surface area contributed by atoms with E-state index in [-0.39, 0.29) is 12.4 Å². The van der Waals surface area contributed by atoms with Crippen molar-refractivity contribution in [3.63, 3.8) is 0 Å². The third-order valence-electron chi connectivity index (χ3n) is 4.85. The van der Waals surface area contributed by atoms with Gasteiger partial charge >= 0.3 is 5.97 Å². The second kappa shape index (κ2) is 11.8. The fourth-order valence-corrected chi connectivity index (χ4v) is 3.30. The fraction of sp³-hybridized carbons (Fsp3) is 0.185. The van der Waals surface area contributed by atoms with Gasteiger partial charge in [-0.25, -0.2) is 0 Å². The molecule has 0 saturated carbocycles. The Morgan fingerprint density at radius 3 is 2.39 bits per heavy atom. The van der Waals surface area contributed by atoms with Crippen LogP contribution < -0.4 is 14.2 Å². The maximum absolute atomic E-state index is 12.4. The van der Waals surface area contributed by atoms with Crippen LogP contribution in [0, 0.1) is 11.3 Å². The van der Waals surface area contributed by atoms with E-state index >= 15 is 0 Å². The number of halogens is 1. The van der Waals surface area contributed by atoms with Crippen LogP contribution in [0.1, 0.15) is 30.0 Å². The van der Waals surface area contributed by atoms with Gasteiger partial charge in [0, 0.05) is 11.4 Å². The van der Waals surface area contributed by atoms with Gasteiger partial charge in [0.15, 0.2) is 11.5 Å². The number of methoxy groups -OCH3 is 1. The normalized spacial score (nSPS) is 10.9. The molecule has 0 heterocycles. The highest BCUT2D eigenvalue weighted by molar-refractivity contribution is 6.30. The first kappa shape index (κ1) is 23.9. The van der Waals surface area contributed by atoms with Crippen molar-refractivity contribution >= 4 is 29.2 Å². The van der Waals surface area contributed by atoms with E-state index in [1.807, 2.05) is 31.2 Å². The Morgan fingerprint density at radius 1 is 1.03 bits per heavy atom. The quantitative estimate of drug-likeness (QED) is 0.161. The number of nitrogens with zero attached hydrogens (tertiary/aromatic N) is 1. The minimum absolute atomic E-state index is 0.230. The third kappa shape index (κ3) is 6.86. The van der Waals surface area contributed by atoms with E-state index in [2.05, 4.69) is 6.07 Å². The lowest BCUT2D eigenvalue weighted by atomic mass is 10.0. The number of ether oxygens (including phenoxy) is 3. The molecule has 0 N–H and O–H groups in total. The van der Waals surface area contributed by atoms with Crippen molar-refractivity contribution in [2.24, 2.45) is 0 Å². The van der Waals surface area contributed by atoms with Crippen LogP contribution >= 0.6 is 11.6 Å². The average Bonchev–Trinajstić information content (AvgIpc) is 2.83. The number of aryl methyl sites for hydroxylation is 1. The number of esters is 1. The molecule has 3 aromatic rings. The first-order valence-corrected chi connectivity index (χ1v) is 10.9. The van der Waals surface area contributed by atoms with Crippen LogP contribution in [0.25, 0.3) is 11.6 Å². The molecular weight excluding hydrogens is 438 g/mol. The fourth-order valence-electron chi connectivity index (χ4n) is 3.17. The van der Waals surface area contributed by atoms with Gasteiger partial charge in [-0.2, -0.15) is 5.26 Å². The minimum atomic E-state index is -0.357. The summed E-state index contributed by atoms with van der Waals surface area (Å²) < 4.78 is 16.3. The lowest BCUT2D eigenvalue weighted by Gasteiger charge is -2.10. The first-order chi connectivity index (χ1) is 16.0. The van der Waals surface area contributed by atoms with Crippen LogP contribution in [0.15, 0.2) is 66.7 Å². The summed E-state index contributed by atoms with van der Waals surface area (Å²) in [6.07, 6.45) is 2.53. The van der Waals surface area contributed by atoms with Gasteiger partial charge < -0.3 is 14.2 Å². The molecule has 3 rings (SSSR count). The van der Waals surface area contributed by atoms with E-state index in [9.17, 15) is 10.1 Å². The van der Waals surface area contributed by atoms with Crippen molar-refractivity contribution in [2.45, 2.75) is 19.8 Å². The molecule has 0 amide bonds. The highest BCUT2D eigenvalue weighted by Crippen LogP contribution is 2.30. The molecule has 168 valence electrons. The van der Waals surface area contributed by atoms with Gasteiger partial charge in [-0.05, 0) is 72.5 Å². The van der Waals surface area contributed by atoms with Crippen LogP contribution in [-0.2, 0) is 11.2 Å². The maximum atomic E-state index is 12.4. The van der Waals surface area contributed by atoms with Gasteiger partial charge in [0.05, 0.1) is 25.4 Å². The van der Waals surface area contributed by atoms with Gasteiger partial charge in [0.2, 0.25) is 0 Å². The Kier molecular flexibility index (Phi) is 8.51. The number of carbonyl (C=O) groups excluding carboxylic acids is 1. The number of benzene rings is 3. The Hall–Kier alpha value is -3.75. The zero-order chi connectivity index (χ0) is 23.6. The predicted molar refractivity (Wildman–Crippen MR) is 129 cm³/mol. The molecule has 0 fully saturated rings. The van der Waals surface area contributed by atoms with E-state index in [0.29, 0.717) is 35.1 Å². The number of hydrogen-bond acceptors (Lipinski definition) is 5. The molecule has 0 unspecified atom stereocenters. The topological polar surface area (TPSA) is 68.5 Å². The second-order valence-electron chi connectivity index (χ2n) is 7.14. The van der Waals surface area contributed by atoms with Crippen LogP contribution in [0.4, 0.5) is 0 Å². The summed E-state index contributed by atoms with van der Waals surface area (Å²) in [5.41, 5.74) is 3.00. The van der Waals surface area contributed by atoms with Crippen molar-refractivity contribution in [2.75, 3.05) is 13.7 Å². The summed E-state index contributed by atoms with van der Waals surface area (Å²) >= 11 is 5.93. The Labute approximate surface area is 198 Å². The van der Waals surface area contributed by atoms with Crippen LogP contribution in [-0.4, -0.2) is 19.7 Å². The van der Waals surface area contributed by atoms with E-state index in [1.165, 1.54) is 7.11 Å². The minimum Gasteiger partial charge on any atom is -0.494 e. The van der Waals surface area contributed by atoms with Crippen molar-refractivity contribution in [1.82, 2.24) is 0 Å². The molecule has 3 aromatic carbocycles. The van der Waals surface area contributed by atoms with Crippen LogP contribution in [0.2, 0.25) is 5.02 Å². The lowest BCUT2D eigenvalue weighted by molar-refractivity contribution is -0.134. The first-order valence-electron chi connectivity index (χ1n) is 10.5. The standard InChI is InChI=1S/C27H24ClNO4/c1-3-32-24-12-4-19(5-13-24)7-15-27(30)33-25-14-6-20(17-26(25)31-2)16-22(18-29)21-8-10-23(28)11-9-21/h4-6,8-14,16-17H,3,7,15H2,1-2H3/b22-16+. The number of allylic oxidation sites excluding steroid dienone is 1. The predicted octanol–water partition coefficient (Wildman–Crippen LogP) is 6.35. The molecule has 0 bridgehead atoms. The molecule has 33 heavy (non-hydrogen) atoms. The third-order valence-corrected chi connectivity index (χ3v) is 5.10. The summed E-state index contributed by atoms with van der Waals surface area (Å²) in [4.78, 5) is 12.4. The Morgan fingerprint density at radius 2 is 1.76 bits per heavy atom. The second-order valence-corrected chi connectivity index (χ2v) is 7.57. The smallest absolute Gasteiger partial charge is 0.311 e. The molecule has 0 radical (unpaired) electrons. The van der Waals surface area contributed by atoms with Crippen molar-refractivity contribution < 1.29 is 19.0 Å². The molecule has 0 aliphatic rings. The van der Waals surface area contributed by atoms with Gasteiger partial charge in [0.1, 0.15) is 5.75 Å². The van der Waals surface area contributed by atoms with Gasteiger partial charge in [-0.3, -0.25) is 4.79 Å². The molecule has 0 saturated heterocycles. The Bertz CT molecular complexity index is 1160. The van der Waals surface area contributed by atoms with Crippen molar-refractivity contribution in [3.8, 4) is 23.3 Å². The molecule has 0 spiro atoms. The molecule has 0 aliphatic heterocycles. The van der Waals surface area contributed by atoms with E-state index < -0.39 is 0 Å².